The number of rotatable bonds is 3. The lowest BCUT2D eigenvalue weighted by atomic mass is 9.75. The summed E-state index contributed by atoms with van der Waals surface area (Å²) in [6.45, 7) is 9.08. The van der Waals surface area contributed by atoms with E-state index in [1.807, 2.05) is 33.8 Å². The van der Waals surface area contributed by atoms with Gasteiger partial charge < -0.3 is 9.31 Å². The van der Waals surface area contributed by atoms with Crippen molar-refractivity contribution in [2.24, 2.45) is 0 Å². The molecule has 0 aliphatic carbocycles. The Kier molecular flexibility index (Phi) is 4.05. The standard InChI is InChI=1S/C13H22BF2NO2/c1-12(2)13(3,4)19-14(18-12)10-5-7-17(8-6-10)9-11(15)16/h5,11H,6-9H2,1-4H3. The zero-order chi connectivity index (χ0) is 14.3. The molecule has 1 saturated heterocycles. The highest BCUT2D eigenvalue weighted by Gasteiger charge is 2.52. The Balaban J connectivity index is 1.97. The van der Waals surface area contributed by atoms with Crippen molar-refractivity contribution in [1.82, 2.24) is 4.90 Å². The topological polar surface area (TPSA) is 21.7 Å². The highest BCUT2D eigenvalue weighted by atomic mass is 19.3. The molecule has 0 radical (unpaired) electrons. The first-order valence-corrected chi connectivity index (χ1v) is 6.76. The average molecular weight is 273 g/mol. The Morgan fingerprint density at radius 1 is 1.26 bits per heavy atom. The average Bonchev–Trinajstić information content (AvgIpc) is 2.48. The molecule has 6 heteroatoms. The maximum absolute atomic E-state index is 12.3. The number of nitrogens with zero attached hydrogens (tertiary/aromatic N) is 1. The molecule has 0 amide bonds. The summed E-state index contributed by atoms with van der Waals surface area (Å²) in [5, 5.41) is 0. The van der Waals surface area contributed by atoms with Crippen molar-refractivity contribution in [3.63, 3.8) is 0 Å². The Morgan fingerprint density at radius 3 is 2.26 bits per heavy atom. The summed E-state index contributed by atoms with van der Waals surface area (Å²) in [6.07, 6.45) is 0.421. The lowest BCUT2D eigenvalue weighted by Crippen LogP contribution is -2.41. The van der Waals surface area contributed by atoms with Gasteiger partial charge >= 0.3 is 7.12 Å². The van der Waals surface area contributed by atoms with Gasteiger partial charge in [0.2, 0.25) is 0 Å². The fourth-order valence-corrected chi connectivity index (χ4v) is 2.30. The second kappa shape index (κ2) is 5.15. The van der Waals surface area contributed by atoms with E-state index in [0.717, 1.165) is 11.9 Å². The quantitative estimate of drug-likeness (QED) is 0.737. The lowest BCUT2D eigenvalue weighted by molar-refractivity contribution is 0.00578. The van der Waals surface area contributed by atoms with Gasteiger partial charge in [-0.2, -0.15) is 0 Å². The second-order valence-corrected chi connectivity index (χ2v) is 6.27. The van der Waals surface area contributed by atoms with Crippen molar-refractivity contribution in [2.45, 2.75) is 51.7 Å². The van der Waals surface area contributed by atoms with Gasteiger partial charge in [0.05, 0.1) is 17.7 Å². The van der Waals surface area contributed by atoms with Gasteiger partial charge in [-0.25, -0.2) is 8.78 Å². The third-order valence-corrected chi connectivity index (χ3v) is 4.28. The first kappa shape index (κ1) is 14.9. The molecule has 2 aliphatic heterocycles. The minimum absolute atomic E-state index is 0.160. The molecule has 0 aromatic rings. The zero-order valence-electron chi connectivity index (χ0n) is 12.1. The molecule has 19 heavy (non-hydrogen) atoms. The van der Waals surface area contributed by atoms with Crippen LogP contribution in [0.25, 0.3) is 0 Å². The predicted octanol–water partition coefficient (Wildman–Crippen LogP) is 2.52. The van der Waals surface area contributed by atoms with Crippen LogP contribution in [0.1, 0.15) is 34.1 Å². The van der Waals surface area contributed by atoms with Crippen LogP contribution in [0.15, 0.2) is 11.5 Å². The van der Waals surface area contributed by atoms with E-state index in [1.54, 1.807) is 4.90 Å². The normalized spacial score (nSPS) is 26.9. The molecule has 0 N–H and O–H groups in total. The summed E-state index contributed by atoms with van der Waals surface area (Å²) in [4.78, 5) is 1.75. The van der Waals surface area contributed by atoms with Crippen molar-refractivity contribution < 1.29 is 18.1 Å². The van der Waals surface area contributed by atoms with Crippen LogP contribution in [-0.4, -0.2) is 49.3 Å². The largest absolute Gasteiger partial charge is 0.490 e. The highest BCUT2D eigenvalue weighted by Crippen LogP contribution is 2.39. The number of halogens is 2. The molecule has 3 nitrogen and oxygen atoms in total. The van der Waals surface area contributed by atoms with Crippen molar-refractivity contribution in [3.05, 3.63) is 11.5 Å². The molecule has 0 bridgehead atoms. The summed E-state index contributed by atoms with van der Waals surface area (Å²) in [5.41, 5.74) is 0.376. The molecule has 0 unspecified atom stereocenters. The molecule has 2 rings (SSSR count). The first-order chi connectivity index (χ1) is 8.71. The fourth-order valence-electron chi connectivity index (χ4n) is 2.30. The molecule has 0 atom stereocenters. The van der Waals surface area contributed by atoms with Gasteiger partial charge in [-0.3, -0.25) is 4.90 Å². The van der Waals surface area contributed by atoms with E-state index in [9.17, 15) is 8.78 Å². The first-order valence-electron chi connectivity index (χ1n) is 6.76. The SMILES string of the molecule is CC1(C)OB(C2=CCN(CC(F)F)CC2)OC1(C)C. The Labute approximate surface area is 114 Å². The third kappa shape index (κ3) is 3.17. The lowest BCUT2D eigenvalue weighted by Gasteiger charge is -2.32. The number of alkyl halides is 2. The van der Waals surface area contributed by atoms with E-state index in [0.29, 0.717) is 13.1 Å². The van der Waals surface area contributed by atoms with Gasteiger partial charge in [-0.15, -0.1) is 0 Å². The van der Waals surface area contributed by atoms with Crippen molar-refractivity contribution in [1.29, 1.82) is 0 Å². The van der Waals surface area contributed by atoms with E-state index < -0.39 is 6.43 Å². The second-order valence-electron chi connectivity index (χ2n) is 6.27. The van der Waals surface area contributed by atoms with Gasteiger partial charge in [0, 0.05) is 13.1 Å². The van der Waals surface area contributed by atoms with Crippen LogP contribution in [0.2, 0.25) is 0 Å². The van der Waals surface area contributed by atoms with E-state index in [1.165, 1.54) is 0 Å². The van der Waals surface area contributed by atoms with Crippen molar-refractivity contribution in [2.75, 3.05) is 19.6 Å². The Morgan fingerprint density at radius 2 is 1.84 bits per heavy atom. The van der Waals surface area contributed by atoms with Crippen LogP contribution < -0.4 is 0 Å². The monoisotopic (exact) mass is 273 g/mol. The van der Waals surface area contributed by atoms with E-state index in [-0.39, 0.29) is 24.9 Å². The number of hydrogen-bond acceptors (Lipinski definition) is 3. The maximum Gasteiger partial charge on any atom is 0.490 e. The minimum Gasteiger partial charge on any atom is -0.400 e. The smallest absolute Gasteiger partial charge is 0.400 e. The van der Waals surface area contributed by atoms with Crippen LogP contribution in [-0.2, 0) is 9.31 Å². The third-order valence-electron chi connectivity index (χ3n) is 4.28. The maximum atomic E-state index is 12.3. The zero-order valence-corrected chi connectivity index (χ0v) is 12.1. The van der Waals surface area contributed by atoms with Gasteiger partial charge in [-0.05, 0) is 39.6 Å². The molecule has 2 heterocycles. The molecule has 0 aromatic carbocycles. The van der Waals surface area contributed by atoms with Crippen LogP contribution in [0.4, 0.5) is 8.78 Å². The summed E-state index contributed by atoms with van der Waals surface area (Å²) in [6, 6.07) is 0. The van der Waals surface area contributed by atoms with E-state index in [2.05, 4.69) is 0 Å². The molecular formula is C13H22BF2NO2. The van der Waals surface area contributed by atoms with Crippen LogP contribution in [0.5, 0.6) is 0 Å². The highest BCUT2D eigenvalue weighted by molar-refractivity contribution is 6.54. The minimum atomic E-state index is -2.27. The van der Waals surface area contributed by atoms with Crippen molar-refractivity contribution in [3.8, 4) is 0 Å². The van der Waals surface area contributed by atoms with E-state index >= 15 is 0 Å². The summed E-state index contributed by atoms with van der Waals surface area (Å²) in [5.74, 6) is 0. The van der Waals surface area contributed by atoms with Gasteiger partial charge in [0.15, 0.2) is 0 Å². The molecule has 108 valence electrons. The van der Waals surface area contributed by atoms with Gasteiger partial charge in [0.25, 0.3) is 6.43 Å². The molecule has 0 aromatic heterocycles. The summed E-state index contributed by atoms with van der Waals surface area (Å²) < 4.78 is 36.5. The molecule has 0 saturated carbocycles. The number of hydrogen-bond donors (Lipinski definition) is 0. The Hall–Kier alpha value is -0.455. The van der Waals surface area contributed by atoms with Crippen molar-refractivity contribution >= 4 is 7.12 Å². The predicted molar refractivity (Wildman–Crippen MR) is 71.2 cm³/mol. The van der Waals surface area contributed by atoms with Gasteiger partial charge in [0.1, 0.15) is 0 Å². The molecule has 1 fully saturated rings. The van der Waals surface area contributed by atoms with Gasteiger partial charge in [-0.1, -0.05) is 6.08 Å². The summed E-state index contributed by atoms with van der Waals surface area (Å²) in [7, 11) is -0.335. The summed E-state index contributed by atoms with van der Waals surface area (Å²) >= 11 is 0. The Bertz CT molecular complexity index is 356. The van der Waals surface area contributed by atoms with Crippen LogP contribution in [0.3, 0.4) is 0 Å². The fraction of sp³-hybridized carbons (Fsp3) is 0.846. The van der Waals surface area contributed by atoms with E-state index in [4.69, 9.17) is 9.31 Å². The molecule has 0 spiro atoms. The molecular weight excluding hydrogens is 251 g/mol. The van der Waals surface area contributed by atoms with Crippen LogP contribution in [0, 0.1) is 0 Å². The molecule has 2 aliphatic rings. The van der Waals surface area contributed by atoms with Crippen LogP contribution >= 0.6 is 0 Å².